The smallest absolute Gasteiger partial charge is 0.329 e. The molecule has 2 heterocycles. The summed E-state index contributed by atoms with van der Waals surface area (Å²) in [5.41, 5.74) is 0.860. The number of aromatic nitrogens is 2. The summed E-state index contributed by atoms with van der Waals surface area (Å²) >= 11 is 0. The van der Waals surface area contributed by atoms with Crippen LogP contribution in [-0.2, 0) is 0 Å². The van der Waals surface area contributed by atoms with Crippen molar-refractivity contribution in [3.05, 3.63) is 52.2 Å². The number of aliphatic hydroxyl groups excluding tert-OH is 1. The van der Waals surface area contributed by atoms with Gasteiger partial charge in [0, 0.05) is 19.1 Å². The first kappa shape index (κ1) is 17.7. The zero-order chi connectivity index (χ0) is 18.8. The fourth-order valence-electron chi connectivity index (χ4n) is 3.52. The molecule has 2 aliphatic rings. The van der Waals surface area contributed by atoms with Crippen LogP contribution in [0.3, 0.4) is 0 Å². The van der Waals surface area contributed by atoms with Gasteiger partial charge in [-0.1, -0.05) is 30.3 Å². The topological polar surface area (TPSA) is 104 Å². The van der Waals surface area contributed by atoms with E-state index < -0.39 is 11.0 Å². The SMILES string of the molecule is O=[N+]([O-])c1cnc(N2CCC(C(O)c3ccccc3)CC2)nc1NC1CC1. The molecule has 1 saturated heterocycles. The van der Waals surface area contributed by atoms with E-state index in [2.05, 4.69) is 15.3 Å². The van der Waals surface area contributed by atoms with Crippen LogP contribution in [0.5, 0.6) is 0 Å². The van der Waals surface area contributed by atoms with Crippen molar-refractivity contribution in [3.63, 3.8) is 0 Å². The van der Waals surface area contributed by atoms with Gasteiger partial charge in [0.2, 0.25) is 11.8 Å². The van der Waals surface area contributed by atoms with E-state index in [0.717, 1.165) is 44.3 Å². The minimum atomic E-state index is -0.474. The van der Waals surface area contributed by atoms with Crippen molar-refractivity contribution in [1.29, 1.82) is 0 Å². The minimum absolute atomic E-state index is 0.0833. The summed E-state index contributed by atoms with van der Waals surface area (Å²) in [7, 11) is 0. The maximum atomic E-state index is 11.2. The van der Waals surface area contributed by atoms with Crippen LogP contribution in [0.1, 0.15) is 37.4 Å². The molecule has 0 radical (unpaired) electrons. The molecule has 1 aromatic heterocycles. The first-order valence-corrected chi connectivity index (χ1v) is 9.38. The number of hydrogen-bond donors (Lipinski definition) is 2. The second-order valence-electron chi connectivity index (χ2n) is 7.26. The van der Waals surface area contributed by atoms with Gasteiger partial charge in [-0.2, -0.15) is 4.98 Å². The fraction of sp³-hybridized carbons (Fsp3) is 0.474. The van der Waals surface area contributed by atoms with E-state index in [0.29, 0.717) is 11.8 Å². The Bertz CT molecular complexity index is 804. The third kappa shape index (κ3) is 4.00. The van der Waals surface area contributed by atoms with E-state index in [4.69, 9.17) is 0 Å². The summed E-state index contributed by atoms with van der Waals surface area (Å²) in [4.78, 5) is 21.4. The fourth-order valence-corrected chi connectivity index (χ4v) is 3.52. The highest BCUT2D eigenvalue weighted by molar-refractivity contribution is 5.58. The lowest BCUT2D eigenvalue weighted by atomic mass is 9.87. The summed E-state index contributed by atoms with van der Waals surface area (Å²) < 4.78 is 0. The number of aliphatic hydroxyl groups is 1. The van der Waals surface area contributed by atoms with E-state index in [-0.39, 0.29) is 17.6 Å². The van der Waals surface area contributed by atoms with Crippen molar-refractivity contribution >= 4 is 17.5 Å². The average molecular weight is 369 g/mol. The Kier molecular flexibility index (Phi) is 4.89. The second-order valence-corrected chi connectivity index (χ2v) is 7.26. The van der Waals surface area contributed by atoms with E-state index in [1.165, 1.54) is 6.20 Å². The van der Waals surface area contributed by atoms with Gasteiger partial charge in [-0.05, 0) is 37.2 Å². The molecule has 0 spiro atoms. The number of rotatable bonds is 6. The highest BCUT2D eigenvalue weighted by Gasteiger charge is 2.30. The Hall–Kier alpha value is -2.74. The van der Waals surface area contributed by atoms with E-state index in [9.17, 15) is 15.2 Å². The summed E-state index contributed by atoms with van der Waals surface area (Å²) in [5, 5.41) is 25.0. The largest absolute Gasteiger partial charge is 0.388 e. The van der Waals surface area contributed by atoms with Gasteiger partial charge < -0.3 is 15.3 Å². The highest BCUT2D eigenvalue weighted by atomic mass is 16.6. The first-order valence-electron chi connectivity index (χ1n) is 9.38. The molecule has 1 aliphatic carbocycles. The molecular weight excluding hydrogens is 346 g/mol. The normalized spacial score (nSPS) is 18.9. The quantitative estimate of drug-likeness (QED) is 0.596. The van der Waals surface area contributed by atoms with E-state index in [1.54, 1.807) is 0 Å². The second kappa shape index (κ2) is 7.48. The van der Waals surface area contributed by atoms with Crippen molar-refractivity contribution in [2.75, 3.05) is 23.3 Å². The average Bonchev–Trinajstić information content (AvgIpc) is 3.52. The number of nitrogens with zero attached hydrogens (tertiary/aromatic N) is 4. The van der Waals surface area contributed by atoms with Gasteiger partial charge in [-0.3, -0.25) is 10.1 Å². The molecule has 2 N–H and O–H groups in total. The molecular formula is C19H23N5O3. The molecule has 8 heteroatoms. The lowest BCUT2D eigenvalue weighted by Gasteiger charge is -2.34. The van der Waals surface area contributed by atoms with E-state index in [1.807, 2.05) is 35.2 Å². The number of nitrogens with one attached hydrogen (secondary N) is 1. The molecule has 0 amide bonds. The monoisotopic (exact) mass is 369 g/mol. The first-order chi connectivity index (χ1) is 13.1. The zero-order valence-electron chi connectivity index (χ0n) is 15.0. The van der Waals surface area contributed by atoms with Crippen LogP contribution in [0.2, 0.25) is 0 Å². The highest BCUT2D eigenvalue weighted by Crippen LogP contribution is 2.33. The molecule has 1 unspecified atom stereocenters. The zero-order valence-corrected chi connectivity index (χ0v) is 15.0. The molecule has 1 atom stereocenters. The van der Waals surface area contributed by atoms with Gasteiger partial charge in [0.25, 0.3) is 0 Å². The van der Waals surface area contributed by atoms with Crippen LogP contribution >= 0.6 is 0 Å². The molecule has 1 saturated carbocycles. The molecule has 1 aromatic carbocycles. The Morgan fingerprint density at radius 3 is 2.52 bits per heavy atom. The maximum absolute atomic E-state index is 11.2. The number of nitro groups is 1. The summed E-state index contributed by atoms with van der Waals surface area (Å²) in [5.74, 6) is 1.00. The Morgan fingerprint density at radius 2 is 1.89 bits per heavy atom. The molecule has 2 aromatic rings. The van der Waals surface area contributed by atoms with Crippen molar-refractivity contribution in [1.82, 2.24) is 9.97 Å². The molecule has 0 bridgehead atoms. The number of benzene rings is 1. The van der Waals surface area contributed by atoms with Gasteiger partial charge in [-0.15, -0.1) is 0 Å². The Morgan fingerprint density at radius 1 is 1.19 bits per heavy atom. The van der Waals surface area contributed by atoms with Crippen molar-refractivity contribution in [2.45, 2.75) is 37.8 Å². The molecule has 27 heavy (non-hydrogen) atoms. The number of piperidine rings is 1. The predicted molar refractivity (Wildman–Crippen MR) is 102 cm³/mol. The van der Waals surface area contributed by atoms with Crippen LogP contribution in [0, 0.1) is 16.0 Å². The summed E-state index contributed by atoms with van der Waals surface area (Å²) in [6.45, 7) is 1.43. The maximum Gasteiger partial charge on any atom is 0.329 e. The minimum Gasteiger partial charge on any atom is -0.388 e. The van der Waals surface area contributed by atoms with Crippen molar-refractivity contribution < 1.29 is 10.0 Å². The third-order valence-electron chi connectivity index (χ3n) is 5.28. The predicted octanol–water partition coefficient (Wildman–Crippen LogP) is 2.91. The lowest BCUT2D eigenvalue weighted by molar-refractivity contribution is -0.384. The van der Waals surface area contributed by atoms with Gasteiger partial charge in [0.1, 0.15) is 6.20 Å². The summed E-state index contributed by atoms with van der Waals surface area (Å²) in [6.07, 6.45) is 4.48. The van der Waals surface area contributed by atoms with Gasteiger partial charge >= 0.3 is 5.69 Å². The molecule has 1 aliphatic heterocycles. The van der Waals surface area contributed by atoms with Gasteiger partial charge in [-0.25, -0.2) is 4.98 Å². The van der Waals surface area contributed by atoms with Crippen LogP contribution in [0.4, 0.5) is 17.5 Å². The number of anilines is 2. The van der Waals surface area contributed by atoms with Crippen LogP contribution < -0.4 is 10.2 Å². The van der Waals surface area contributed by atoms with Crippen LogP contribution in [-0.4, -0.2) is 39.1 Å². The standard InChI is InChI=1S/C19H23N5O3/c25-17(13-4-2-1-3-5-13)14-8-10-23(11-9-14)19-20-12-16(24(26)27)18(22-19)21-15-6-7-15/h1-5,12,14-15,17,25H,6-11H2,(H,20,21,22). The molecule has 8 nitrogen and oxygen atoms in total. The van der Waals surface area contributed by atoms with Gasteiger partial charge in [0.15, 0.2) is 0 Å². The van der Waals surface area contributed by atoms with Crippen LogP contribution in [0.15, 0.2) is 36.5 Å². The Balaban J connectivity index is 1.44. The molecule has 2 fully saturated rings. The van der Waals surface area contributed by atoms with Gasteiger partial charge in [0.05, 0.1) is 11.0 Å². The Labute approximate surface area is 157 Å². The van der Waals surface area contributed by atoms with Crippen molar-refractivity contribution in [3.8, 4) is 0 Å². The molecule has 142 valence electrons. The lowest BCUT2D eigenvalue weighted by Crippen LogP contribution is -2.36. The molecule has 4 rings (SSSR count). The summed E-state index contributed by atoms with van der Waals surface area (Å²) in [6, 6.07) is 9.99. The van der Waals surface area contributed by atoms with Crippen molar-refractivity contribution in [2.24, 2.45) is 5.92 Å². The third-order valence-corrected chi connectivity index (χ3v) is 5.28. The number of hydrogen-bond acceptors (Lipinski definition) is 7. The van der Waals surface area contributed by atoms with E-state index >= 15 is 0 Å². The van der Waals surface area contributed by atoms with Crippen LogP contribution in [0.25, 0.3) is 0 Å².